The Labute approximate surface area is 325 Å². The number of hydrogen-bond donors (Lipinski definition) is 0. The van der Waals surface area contributed by atoms with Gasteiger partial charge >= 0.3 is 0 Å². The van der Waals surface area contributed by atoms with E-state index in [0.717, 1.165) is 82.4 Å². The molecular weight excluding hydrogens is 700 g/mol. The van der Waals surface area contributed by atoms with Gasteiger partial charge < -0.3 is 14.0 Å². The molecule has 0 fully saturated rings. The average Bonchev–Trinajstić information content (AvgIpc) is 3.74. The first kappa shape index (κ1) is 32.5. The van der Waals surface area contributed by atoms with Crippen LogP contribution < -0.4 is 20.8 Å². The summed E-state index contributed by atoms with van der Waals surface area (Å²) in [7, 11) is -3.32. The van der Waals surface area contributed by atoms with Crippen LogP contribution in [0.2, 0.25) is 0 Å². The van der Waals surface area contributed by atoms with Gasteiger partial charge in [-0.15, -0.1) is 0 Å². The van der Waals surface area contributed by atoms with Crippen LogP contribution in [0.3, 0.4) is 0 Å². The number of aromatic nitrogens is 1. The van der Waals surface area contributed by atoms with Crippen LogP contribution >= 0.6 is 7.14 Å². The molecule has 0 amide bonds. The van der Waals surface area contributed by atoms with Gasteiger partial charge in [0.25, 0.3) is 0 Å². The molecule has 10 aromatic rings. The lowest BCUT2D eigenvalue weighted by atomic mass is 10.00. The maximum Gasteiger partial charge on any atom is 0.174 e. The molecule has 0 radical (unpaired) electrons. The summed E-state index contributed by atoms with van der Waals surface area (Å²) in [6.45, 7) is 0. The maximum atomic E-state index is 16.3. The fourth-order valence-electron chi connectivity index (χ4n) is 8.78. The molecule has 3 nitrogen and oxygen atoms in total. The molecule has 0 spiro atoms. The first-order valence-electron chi connectivity index (χ1n) is 19.0. The monoisotopic (exact) mass is 734 g/mol. The molecule has 4 heteroatoms. The minimum absolute atomic E-state index is 0.853. The fraction of sp³-hybridized carbons (Fsp3) is 0. The predicted molar refractivity (Wildman–Crippen MR) is 237 cm³/mol. The molecule has 2 heterocycles. The molecule has 1 aliphatic heterocycles. The molecule has 56 heavy (non-hydrogen) atoms. The third-order valence-corrected chi connectivity index (χ3v) is 14.5. The van der Waals surface area contributed by atoms with Gasteiger partial charge in [0.15, 0.2) is 7.14 Å². The zero-order chi connectivity index (χ0) is 37.2. The number of hydrogen-bond acceptors (Lipinski definition) is 2. The second-order valence-corrected chi connectivity index (χ2v) is 17.1. The van der Waals surface area contributed by atoms with Gasteiger partial charge in [-0.25, -0.2) is 0 Å². The summed E-state index contributed by atoms with van der Waals surface area (Å²) in [5.41, 5.74) is 10.8. The van der Waals surface area contributed by atoms with Gasteiger partial charge in [0.05, 0.1) is 16.3 Å². The highest BCUT2D eigenvalue weighted by molar-refractivity contribution is 7.86. The normalized spacial score (nSPS) is 14.6. The molecular formula is C52H35N2OP. The van der Waals surface area contributed by atoms with E-state index >= 15 is 4.57 Å². The number of rotatable bonds is 6. The first-order valence-corrected chi connectivity index (χ1v) is 20.7. The number of fused-ring (bicyclic) bond motifs is 8. The van der Waals surface area contributed by atoms with Crippen molar-refractivity contribution in [2.45, 2.75) is 0 Å². The van der Waals surface area contributed by atoms with Crippen molar-refractivity contribution in [2.24, 2.45) is 0 Å². The van der Waals surface area contributed by atoms with E-state index in [1.165, 1.54) is 11.1 Å². The second kappa shape index (κ2) is 12.8. The minimum atomic E-state index is -3.32. The van der Waals surface area contributed by atoms with Crippen LogP contribution in [0.1, 0.15) is 0 Å². The lowest BCUT2D eigenvalue weighted by Gasteiger charge is -2.26. The average molecular weight is 735 g/mol. The Balaban J connectivity index is 1.12. The summed E-state index contributed by atoms with van der Waals surface area (Å²) < 4.78 is 18.7. The van der Waals surface area contributed by atoms with Crippen molar-refractivity contribution in [3.8, 4) is 27.9 Å². The summed E-state index contributed by atoms with van der Waals surface area (Å²) in [5.74, 6) is 0. The third-order valence-electron chi connectivity index (χ3n) is 11.4. The molecule has 0 bridgehead atoms. The lowest BCUT2D eigenvalue weighted by molar-refractivity contribution is 0.593. The largest absolute Gasteiger partial charge is 0.311 e. The van der Waals surface area contributed by atoms with Crippen LogP contribution in [0.4, 0.5) is 17.1 Å². The number of para-hydroxylation sites is 2. The smallest absolute Gasteiger partial charge is 0.174 e. The quantitative estimate of drug-likeness (QED) is 0.159. The van der Waals surface area contributed by atoms with Crippen molar-refractivity contribution in [2.75, 3.05) is 4.90 Å². The van der Waals surface area contributed by atoms with E-state index in [9.17, 15) is 0 Å². The Morgan fingerprint density at radius 2 is 0.982 bits per heavy atom. The lowest BCUT2D eigenvalue weighted by Crippen LogP contribution is -2.22. The zero-order valence-corrected chi connectivity index (χ0v) is 31.4. The predicted octanol–water partition coefficient (Wildman–Crippen LogP) is 12.7. The van der Waals surface area contributed by atoms with Gasteiger partial charge in [-0.05, 0) is 99.8 Å². The van der Waals surface area contributed by atoms with E-state index in [1.54, 1.807) is 0 Å². The molecule has 0 saturated carbocycles. The molecule has 0 aliphatic carbocycles. The minimum Gasteiger partial charge on any atom is -0.311 e. The summed E-state index contributed by atoms with van der Waals surface area (Å²) in [4.78, 5) is 2.30. The van der Waals surface area contributed by atoms with Crippen LogP contribution in [0, 0.1) is 0 Å². The van der Waals surface area contributed by atoms with E-state index < -0.39 is 7.14 Å². The van der Waals surface area contributed by atoms with Gasteiger partial charge in [0, 0.05) is 44.1 Å². The van der Waals surface area contributed by atoms with Crippen molar-refractivity contribution in [1.29, 1.82) is 0 Å². The topological polar surface area (TPSA) is 25.2 Å². The number of benzene rings is 9. The highest BCUT2D eigenvalue weighted by Gasteiger charge is 2.43. The summed E-state index contributed by atoms with van der Waals surface area (Å²) >= 11 is 0. The Morgan fingerprint density at radius 1 is 0.429 bits per heavy atom. The Hall–Kier alpha value is -6.93. The van der Waals surface area contributed by atoms with Crippen molar-refractivity contribution in [1.82, 2.24) is 4.57 Å². The summed E-state index contributed by atoms with van der Waals surface area (Å²) in [6.07, 6.45) is 0. The van der Waals surface area contributed by atoms with E-state index in [2.05, 4.69) is 185 Å². The molecule has 0 N–H and O–H groups in total. The highest BCUT2D eigenvalue weighted by Crippen LogP contribution is 2.55. The van der Waals surface area contributed by atoms with Crippen molar-refractivity contribution < 1.29 is 4.57 Å². The van der Waals surface area contributed by atoms with Crippen LogP contribution in [0.15, 0.2) is 212 Å². The van der Waals surface area contributed by atoms with E-state index in [-0.39, 0.29) is 0 Å². The molecule has 11 rings (SSSR count). The molecule has 1 aliphatic rings. The highest BCUT2D eigenvalue weighted by atomic mass is 31.2. The maximum absolute atomic E-state index is 16.3. The summed E-state index contributed by atoms with van der Waals surface area (Å²) in [6, 6.07) is 74.6. The van der Waals surface area contributed by atoms with Crippen molar-refractivity contribution >= 4 is 72.7 Å². The van der Waals surface area contributed by atoms with Gasteiger partial charge in [0.1, 0.15) is 0 Å². The van der Waals surface area contributed by atoms with E-state index in [4.69, 9.17) is 0 Å². The van der Waals surface area contributed by atoms with Crippen LogP contribution in [0.5, 0.6) is 0 Å². The van der Waals surface area contributed by atoms with Gasteiger partial charge in [-0.2, -0.15) is 0 Å². The van der Waals surface area contributed by atoms with Crippen molar-refractivity contribution in [3.05, 3.63) is 212 Å². The molecule has 1 aromatic heterocycles. The Kier molecular flexibility index (Phi) is 7.45. The third kappa shape index (κ3) is 4.95. The van der Waals surface area contributed by atoms with E-state index in [0.29, 0.717) is 0 Å². The van der Waals surface area contributed by atoms with Crippen LogP contribution in [0.25, 0.3) is 60.5 Å². The first-order chi connectivity index (χ1) is 27.7. The van der Waals surface area contributed by atoms with Crippen molar-refractivity contribution in [3.63, 3.8) is 0 Å². The van der Waals surface area contributed by atoms with Gasteiger partial charge in [0.2, 0.25) is 0 Å². The summed E-state index contributed by atoms with van der Waals surface area (Å²) in [5, 5.41) is 7.16. The Bertz CT molecular complexity index is 3140. The standard InChI is InChI=1S/C52H35N2OP/c55-56(44-20-8-3-9-21-44)50-35-39-17-11-10-16-38(39)34-48(50)47-33-32-46-45-22-12-13-23-49(45)54(51(46)52(47)56)43-30-28-42(29-31-43)53(40-18-6-2-7-19-40)41-26-24-37(25-27-41)36-14-4-1-5-15-36/h1-35H. The van der Waals surface area contributed by atoms with Gasteiger partial charge in [-0.3, -0.25) is 0 Å². The SMILES string of the molecule is O=P1(c2ccccc2)c2cc3ccccc3cc2-c2ccc3c4ccccc4n(-c4ccc(N(c5ccccc5)c5ccc(-c6ccccc6)cc5)cc4)c3c21. The number of nitrogens with zero attached hydrogens (tertiary/aromatic N) is 2. The molecule has 1 atom stereocenters. The Morgan fingerprint density at radius 3 is 1.70 bits per heavy atom. The van der Waals surface area contributed by atoms with Crippen LogP contribution in [-0.4, -0.2) is 4.57 Å². The second-order valence-electron chi connectivity index (χ2n) is 14.5. The van der Waals surface area contributed by atoms with E-state index in [1.807, 2.05) is 36.4 Å². The van der Waals surface area contributed by atoms with Crippen LogP contribution in [-0.2, 0) is 4.57 Å². The molecule has 1 unspecified atom stereocenters. The molecule has 9 aromatic carbocycles. The fourth-order valence-corrected chi connectivity index (χ4v) is 12.1. The number of anilines is 3. The molecule has 264 valence electrons. The van der Waals surface area contributed by atoms with Gasteiger partial charge in [-0.1, -0.05) is 146 Å². The molecule has 0 saturated heterocycles. The zero-order valence-electron chi connectivity index (χ0n) is 30.5.